The zero-order valence-electron chi connectivity index (χ0n) is 9.21. The molecule has 0 aliphatic rings. The summed E-state index contributed by atoms with van der Waals surface area (Å²) in [6.07, 6.45) is 3.16. The van der Waals surface area contributed by atoms with Crippen molar-refractivity contribution in [1.82, 2.24) is 9.97 Å². The predicted octanol–water partition coefficient (Wildman–Crippen LogP) is 3.12. The average Bonchev–Trinajstić information content (AvgIpc) is 2.38. The van der Waals surface area contributed by atoms with E-state index in [1.165, 1.54) is 18.0 Å². The maximum Gasteiger partial charge on any atom is 0.354 e. The Balaban J connectivity index is 2.09. The highest BCUT2D eigenvalue weighted by Gasteiger charge is 2.06. The van der Waals surface area contributed by atoms with Crippen LogP contribution in [0.4, 0.5) is 0 Å². The molecule has 2 aromatic heterocycles. The molecule has 2 aromatic rings. The smallest absolute Gasteiger partial charge is 0.354 e. The van der Waals surface area contributed by atoms with Crippen molar-refractivity contribution in [2.45, 2.75) is 10.8 Å². The second-order valence-electron chi connectivity index (χ2n) is 3.43. The quantitative estimate of drug-likeness (QED) is 0.872. The van der Waals surface area contributed by atoms with Crippen LogP contribution >= 0.6 is 23.4 Å². The molecule has 0 aliphatic heterocycles. The Hall–Kier alpha value is -1.59. The molecule has 0 spiro atoms. The molecule has 6 heteroatoms. The Morgan fingerprint density at radius 1 is 1.33 bits per heavy atom. The molecule has 0 fully saturated rings. The molecule has 18 heavy (non-hydrogen) atoms. The summed E-state index contributed by atoms with van der Waals surface area (Å²) < 4.78 is 0. The van der Waals surface area contributed by atoms with Gasteiger partial charge in [-0.05, 0) is 29.8 Å². The fraction of sp³-hybridized carbons (Fsp3) is 0.0833. The molecule has 0 atom stereocenters. The molecule has 0 saturated carbocycles. The van der Waals surface area contributed by atoms with Crippen LogP contribution in [0.3, 0.4) is 0 Å². The van der Waals surface area contributed by atoms with Crippen LogP contribution in [0.15, 0.2) is 41.7 Å². The van der Waals surface area contributed by atoms with Gasteiger partial charge in [-0.25, -0.2) is 14.8 Å². The minimum Gasteiger partial charge on any atom is -0.477 e. The molecule has 0 unspecified atom stereocenters. The highest BCUT2D eigenvalue weighted by Crippen LogP contribution is 2.27. The number of rotatable bonds is 4. The lowest BCUT2D eigenvalue weighted by atomic mass is 10.2. The molecule has 0 amide bonds. The number of nitrogens with zero attached hydrogens (tertiary/aromatic N) is 2. The molecule has 2 heterocycles. The number of hydrogen-bond donors (Lipinski definition) is 1. The first-order valence-electron chi connectivity index (χ1n) is 5.08. The van der Waals surface area contributed by atoms with E-state index in [1.54, 1.807) is 30.5 Å². The van der Waals surface area contributed by atoms with E-state index >= 15 is 0 Å². The summed E-state index contributed by atoms with van der Waals surface area (Å²) in [5, 5.41) is 10.2. The van der Waals surface area contributed by atoms with Crippen LogP contribution in [-0.4, -0.2) is 21.0 Å². The molecule has 0 bridgehead atoms. The number of aromatic carboxylic acids is 1. The molecular formula is C12H9ClN2O2S. The minimum atomic E-state index is -1.03. The standard InChI is InChI=1S/C12H9ClN2O2S/c13-9-2-1-4-15-11(9)18-7-8-3-5-14-10(6-8)12(16)17/h1-6H,7H2,(H,16,17). The fourth-order valence-electron chi connectivity index (χ4n) is 1.31. The SMILES string of the molecule is O=C(O)c1cc(CSc2ncccc2Cl)ccn1. The average molecular weight is 281 g/mol. The van der Waals surface area contributed by atoms with Gasteiger partial charge in [0, 0.05) is 18.1 Å². The third kappa shape index (κ3) is 3.21. The van der Waals surface area contributed by atoms with E-state index in [0.29, 0.717) is 10.8 Å². The largest absolute Gasteiger partial charge is 0.477 e. The van der Waals surface area contributed by atoms with Crippen molar-refractivity contribution in [2.75, 3.05) is 0 Å². The van der Waals surface area contributed by atoms with Gasteiger partial charge in [-0.2, -0.15) is 0 Å². The molecule has 2 rings (SSSR count). The van der Waals surface area contributed by atoms with Crippen molar-refractivity contribution in [1.29, 1.82) is 0 Å². The molecule has 0 aliphatic carbocycles. The summed E-state index contributed by atoms with van der Waals surface area (Å²) in [5.41, 5.74) is 0.911. The summed E-state index contributed by atoms with van der Waals surface area (Å²) in [6, 6.07) is 6.86. The molecule has 92 valence electrons. The number of carboxylic acids is 1. The highest BCUT2D eigenvalue weighted by molar-refractivity contribution is 7.98. The van der Waals surface area contributed by atoms with E-state index in [4.69, 9.17) is 16.7 Å². The third-order valence-electron chi connectivity index (χ3n) is 2.14. The monoisotopic (exact) mass is 280 g/mol. The summed E-state index contributed by atoms with van der Waals surface area (Å²) >= 11 is 7.44. The first-order valence-corrected chi connectivity index (χ1v) is 6.44. The molecule has 0 aromatic carbocycles. The first-order chi connectivity index (χ1) is 8.66. The topological polar surface area (TPSA) is 63.1 Å². The summed E-state index contributed by atoms with van der Waals surface area (Å²) in [7, 11) is 0. The minimum absolute atomic E-state index is 0.0419. The maximum absolute atomic E-state index is 10.8. The van der Waals surface area contributed by atoms with E-state index in [0.717, 1.165) is 10.6 Å². The third-order valence-corrected chi connectivity index (χ3v) is 3.64. The van der Waals surface area contributed by atoms with Gasteiger partial charge in [0.25, 0.3) is 0 Å². The van der Waals surface area contributed by atoms with Crippen LogP contribution in [0.2, 0.25) is 5.02 Å². The van der Waals surface area contributed by atoms with E-state index in [-0.39, 0.29) is 5.69 Å². The Kier molecular flexibility index (Phi) is 4.17. The number of thioether (sulfide) groups is 1. The molecular weight excluding hydrogens is 272 g/mol. The molecule has 0 radical (unpaired) electrons. The van der Waals surface area contributed by atoms with Crippen molar-refractivity contribution in [3.8, 4) is 0 Å². The van der Waals surface area contributed by atoms with Crippen LogP contribution in [0.1, 0.15) is 16.1 Å². The summed E-state index contributed by atoms with van der Waals surface area (Å²) in [4.78, 5) is 18.7. The maximum atomic E-state index is 10.8. The van der Waals surface area contributed by atoms with Gasteiger partial charge in [0.05, 0.1) is 5.02 Å². The fourth-order valence-corrected chi connectivity index (χ4v) is 2.42. The van der Waals surface area contributed by atoms with Crippen molar-refractivity contribution >= 4 is 29.3 Å². The second kappa shape index (κ2) is 5.84. The van der Waals surface area contributed by atoms with Crippen LogP contribution in [0.25, 0.3) is 0 Å². The Bertz CT molecular complexity index is 578. The van der Waals surface area contributed by atoms with Gasteiger partial charge in [0.1, 0.15) is 10.7 Å². The lowest BCUT2D eigenvalue weighted by Crippen LogP contribution is -2.00. The van der Waals surface area contributed by atoms with E-state index in [2.05, 4.69) is 9.97 Å². The number of halogens is 1. The van der Waals surface area contributed by atoms with Gasteiger partial charge < -0.3 is 5.11 Å². The lowest BCUT2D eigenvalue weighted by molar-refractivity contribution is 0.0690. The predicted molar refractivity (Wildman–Crippen MR) is 70.0 cm³/mol. The van der Waals surface area contributed by atoms with Gasteiger partial charge in [0.15, 0.2) is 0 Å². The number of carboxylic acid groups (broad SMARTS) is 1. The second-order valence-corrected chi connectivity index (χ2v) is 4.80. The van der Waals surface area contributed by atoms with Gasteiger partial charge >= 0.3 is 5.97 Å². The van der Waals surface area contributed by atoms with Crippen molar-refractivity contribution in [2.24, 2.45) is 0 Å². The summed E-state index contributed by atoms with van der Waals surface area (Å²) in [5.74, 6) is -0.433. The summed E-state index contributed by atoms with van der Waals surface area (Å²) in [6.45, 7) is 0. The number of carbonyl (C=O) groups is 1. The number of hydrogen-bond acceptors (Lipinski definition) is 4. The van der Waals surface area contributed by atoms with Gasteiger partial charge in [-0.15, -0.1) is 11.8 Å². The number of pyridine rings is 2. The van der Waals surface area contributed by atoms with Gasteiger partial charge in [-0.1, -0.05) is 11.6 Å². The zero-order chi connectivity index (χ0) is 13.0. The normalized spacial score (nSPS) is 10.3. The Labute approximate surface area is 113 Å². The van der Waals surface area contributed by atoms with E-state index in [1.807, 2.05) is 0 Å². The Morgan fingerprint density at radius 3 is 2.89 bits per heavy atom. The van der Waals surface area contributed by atoms with Crippen molar-refractivity contribution in [3.63, 3.8) is 0 Å². The van der Waals surface area contributed by atoms with E-state index in [9.17, 15) is 4.79 Å². The van der Waals surface area contributed by atoms with Crippen LogP contribution < -0.4 is 0 Å². The highest BCUT2D eigenvalue weighted by atomic mass is 35.5. The van der Waals surface area contributed by atoms with Gasteiger partial charge in [-0.3, -0.25) is 0 Å². The van der Waals surface area contributed by atoms with Crippen molar-refractivity contribution in [3.05, 3.63) is 52.9 Å². The first kappa shape index (κ1) is 12.9. The number of aromatic nitrogens is 2. The molecule has 0 saturated heterocycles. The van der Waals surface area contributed by atoms with Crippen LogP contribution in [0, 0.1) is 0 Å². The molecule has 4 nitrogen and oxygen atoms in total. The Morgan fingerprint density at radius 2 is 2.17 bits per heavy atom. The zero-order valence-corrected chi connectivity index (χ0v) is 10.8. The molecule has 1 N–H and O–H groups in total. The lowest BCUT2D eigenvalue weighted by Gasteiger charge is -2.03. The van der Waals surface area contributed by atoms with E-state index < -0.39 is 5.97 Å². The van der Waals surface area contributed by atoms with Crippen LogP contribution in [-0.2, 0) is 5.75 Å². The van der Waals surface area contributed by atoms with Crippen molar-refractivity contribution < 1.29 is 9.90 Å². The van der Waals surface area contributed by atoms with Crippen LogP contribution in [0.5, 0.6) is 0 Å². The van der Waals surface area contributed by atoms with Gasteiger partial charge in [0.2, 0.25) is 0 Å².